The second-order valence-electron chi connectivity index (χ2n) is 11.1. The predicted octanol–water partition coefficient (Wildman–Crippen LogP) is 9.90. The molecule has 0 aliphatic carbocycles. The molecule has 0 spiro atoms. The number of aromatic nitrogens is 8. The van der Waals surface area contributed by atoms with Crippen molar-refractivity contribution >= 4 is 0 Å². The molecule has 10 nitrogen and oxygen atoms in total. The summed E-state index contributed by atoms with van der Waals surface area (Å²) in [7, 11) is 0. The molecule has 4 aromatic rings. The minimum Gasteiger partial charge on any atom is -0.571 e. The number of alkyl halides is 24. The van der Waals surface area contributed by atoms with Crippen molar-refractivity contribution in [1.82, 2.24) is 40.8 Å². The molecule has 2 aliphatic heterocycles. The van der Waals surface area contributed by atoms with E-state index < -0.39 is 95.0 Å². The topological polar surface area (TPSA) is 126 Å². The summed E-state index contributed by atoms with van der Waals surface area (Å²) in [6, 6.07) is -0.556. The van der Waals surface area contributed by atoms with Crippen LogP contribution >= 0.6 is 0 Å². The van der Waals surface area contributed by atoms with E-state index in [2.05, 4.69) is 40.8 Å². The summed E-state index contributed by atoms with van der Waals surface area (Å²) in [6.45, 7) is 4.00. The van der Waals surface area contributed by atoms with E-state index in [-0.39, 0.29) is 55.4 Å². The predicted molar refractivity (Wildman–Crippen MR) is 150 cm³/mol. The molecule has 0 amide bonds. The maximum absolute atomic E-state index is 11.7. The van der Waals surface area contributed by atoms with Crippen LogP contribution in [0.25, 0.3) is 0 Å². The zero-order chi connectivity index (χ0) is 48.2. The molecule has 0 N–H and O–H groups in total. The number of rotatable bonds is 0. The van der Waals surface area contributed by atoms with Gasteiger partial charge in [0.25, 0.3) is 0 Å². The van der Waals surface area contributed by atoms with Crippen LogP contribution in [0.5, 0.6) is 0 Å². The number of ether oxygens (including phenoxy) is 2. The normalized spacial score (nSPS) is 14.9. The number of nitrogens with zero attached hydrogens (tertiary/aromatic N) is 8. The molecule has 356 valence electrons. The van der Waals surface area contributed by atoms with Crippen LogP contribution in [0, 0.1) is 31.1 Å². The van der Waals surface area contributed by atoms with Gasteiger partial charge in [0, 0.05) is 26.4 Å². The van der Waals surface area contributed by atoms with Crippen molar-refractivity contribution in [3.63, 3.8) is 0 Å². The van der Waals surface area contributed by atoms with Gasteiger partial charge in [-0.3, -0.25) is 0 Å². The third kappa shape index (κ3) is 22.5. The van der Waals surface area contributed by atoms with Gasteiger partial charge in [-0.15, -0.1) is 0 Å². The maximum Gasteiger partial charge on any atom is 4.00 e. The Balaban J connectivity index is 0.000000752. The van der Waals surface area contributed by atoms with Crippen LogP contribution in [0.3, 0.4) is 0 Å². The number of hydrogen-bond donors (Lipinski definition) is 0. The van der Waals surface area contributed by atoms with E-state index in [1.807, 2.05) is 0 Å². The molecule has 2 fully saturated rings. The Hall–Kier alpha value is -3.87. The van der Waals surface area contributed by atoms with Crippen LogP contribution in [0.4, 0.5) is 105 Å². The third-order valence-electron chi connectivity index (χ3n) is 6.13. The van der Waals surface area contributed by atoms with E-state index in [4.69, 9.17) is 9.47 Å². The van der Waals surface area contributed by atoms with Crippen molar-refractivity contribution in [2.75, 3.05) is 26.4 Å². The molecular formula is C28H20F24N8O2U. The van der Waals surface area contributed by atoms with Crippen molar-refractivity contribution in [2.45, 2.75) is 75.1 Å². The van der Waals surface area contributed by atoms with Crippen LogP contribution in [0.2, 0.25) is 0 Å². The van der Waals surface area contributed by atoms with Gasteiger partial charge in [-0.25, -0.2) is 0 Å². The van der Waals surface area contributed by atoms with Crippen molar-refractivity contribution in [3.8, 4) is 0 Å². The van der Waals surface area contributed by atoms with Crippen molar-refractivity contribution < 1.29 is 146 Å². The second-order valence-corrected chi connectivity index (χ2v) is 11.1. The molecule has 0 aromatic carbocycles. The van der Waals surface area contributed by atoms with Crippen molar-refractivity contribution in [2.24, 2.45) is 0 Å². The number of halogens is 24. The van der Waals surface area contributed by atoms with E-state index in [1.54, 1.807) is 0 Å². The molecule has 4 aromatic heterocycles. The Morgan fingerprint density at radius 2 is 0.460 bits per heavy atom. The monoisotopic (exact) mass is 1190 g/mol. The first kappa shape index (κ1) is 59.1. The quantitative estimate of drug-likeness (QED) is 0.157. The standard InChI is InChI=1S/4C5HF6N2.2C4H8O.U/c4*6-4(7,8)2-1-3(13-12-2)5(9,10)11;2*1-2-4-5-3-1;/h4*1H;2*1-4H2;/q4*-1;;;+4. The first-order chi connectivity index (χ1) is 27.8. The molecule has 0 atom stereocenters. The maximum atomic E-state index is 11.7. The minimum absolute atomic E-state index is 0. The summed E-state index contributed by atoms with van der Waals surface area (Å²) >= 11 is 0. The molecule has 0 bridgehead atoms. The minimum atomic E-state index is -4.89. The largest absolute Gasteiger partial charge is 4.00 e. The first-order valence-corrected chi connectivity index (χ1v) is 15.6. The second kappa shape index (κ2) is 23.4. The van der Waals surface area contributed by atoms with Gasteiger partial charge >= 0.3 is 80.5 Å². The van der Waals surface area contributed by atoms with Crippen LogP contribution in [0.15, 0.2) is 24.3 Å². The fourth-order valence-electron chi connectivity index (χ4n) is 3.31. The van der Waals surface area contributed by atoms with E-state index in [0.29, 0.717) is 0 Å². The van der Waals surface area contributed by atoms with Crippen LogP contribution in [-0.4, -0.2) is 46.8 Å². The van der Waals surface area contributed by atoms with Crippen LogP contribution < -0.4 is 20.4 Å². The molecule has 6 heterocycles. The number of hydrogen-bond acceptors (Lipinski definition) is 6. The van der Waals surface area contributed by atoms with Crippen LogP contribution in [-0.2, 0) is 58.9 Å². The molecular weight excluding hydrogens is 1170 g/mol. The Morgan fingerprint density at radius 3 is 0.524 bits per heavy atom. The zero-order valence-electron chi connectivity index (χ0n) is 29.9. The van der Waals surface area contributed by atoms with Crippen molar-refractivity contribution in [3.05, 3.63) is 69.8 Å². The summed E-state index contributed by atoms with van der Waals surface area (Å²) < 4.78 is 291. The van der Waals surface area contributed by atoms with Crippen LogP contribution in [0.1, 0.15) is 71.2 Å². The molecule has 35 heteroatoms. The summed E-state index contributed by atoms with van der Waals surface area (Å²) in [5.74, 6) is 0. The van der Waals surface area contributed by atoms with E-state index in [9.17, 15) is 105 Å². The average Bonchev–Trinajstić information content (AvgIpc) is 3.96. The molecule has 2 aliphatic rings. The summed E-state index contributed by atoms with van der Waals surface area (Å²) in [5.41, 5.74) is -13.1. The smallest absolute Gasteiger partial charge is 0.571 e. The zero-order valence-corrected chi connectivity index (χ0v) is 34.1. The van der Waals surface area contributed by atoms with Gasteiger partial charge in [-0.2, -0.15) is 105 Å². The molecule has 0 radical (unpaired) electrons. The van der Waals surface area contributed by atoms with Gasteiger partial charge < -0.3 is 50.3 Å². The van der Waals surface area contributed by atoms with Gasteiger partial charge in [0.15, 0.2) is 0 Å². The van der Waals surface area contributed by atoms with Crippen molar-refractivity contribution in [1.29, 1.82) is 0 Å². The molecule has 0 saturated carbocycles. The fourth-order valence-corrected chi connectivity index (χ4v) is 3.31. The Kier molecular flexibility index (Phi) is 21.9. The van der Waals surface area contributed by atoms with E-state index in [1.165, 1.54) is 25.7 Å². The average molecular weight is 1190 g/mol. The van der Waals surface area contributed by atoms with E-state index in [0.717, 1.165) is 26.4 Å². The molecule has 6 rings (SSSR count). The molecule has 63 heavy (non-hydrogen) atoms. The molecule has 0 unspecified atom stereocenters. The summed E-state index contributed by atoms with van der Waals surface area (Å²) in [4.78, 5) is 0. The Bertz CT molecular complexity index is 1480. The first-order valence-electron chi connectivity index (χ1n) is 15.6. The van der Waals surface area contributed by atoms with Gasteiger partial charge in [0.05, 0.1) is 0 Å². The van der Waals surface area contributed by atoms with Gasteiger partial charge in [-0.1, -0.05) is 0 Å². The summed E-state index contributed by atoms with van der Waals surface area (Å²) in [5, 5.41) is 18.9. The Morgan fingerprint density at radius 1 is 0.302 bits per heavy atom. The van der Waals surface area contributed by atoms with Gasteiger partial charge in [0.2, 0.25) is 0 Å². The SMILES string of the molecule is C1CCOC1.C1CCOC1.FC(F)(F)c1cc(C(F)(F)F)[n-]n1.FC(F)(F)c1cc(C(F)(F)F)[n-]n1.FC(F)(F)c1cc(C(F)(F)F)[n-]n1.FC(F)(F)c1cc(C(F)(F)F)[n-]n1.[U+4]. The fraction of sp³-hybridized carbons (Fsp3) is 0.571. The van der Waals surface area contributed by atoms with Gasteiger partial charge in [0.1, 0.15) is 22.8 Å². The van der Waals surface area contributed by atoms with E-state index >= 15 is 0 Å². The Labute approximate surface area is 357 Å². The van der Waals surface area contributed by atoms with Gasteiger partial charge in [-0.05, 0) is 72.7 Å². The molecule has 2 saturated heterocycles. The summed E-state index contributed by atoms with van der Waals surface area (Å²) in [6.07, 6.45) is -34.0. The third-order valence-corrected chi connectivity index (χ3v) is 6.13.